The number of anilines is 1. The lowest BCUT2D eigenvalue weighted by Crippen LogP contribution is -2.49. The topological polar surface area (TPSA) is 73.8 Å². The number of hydrogen-bond donors (Lipinski definition) is 0. The molecule has 2 aliphatic heterocycles. The van der Waals surface area contributed by atoms with E-state index in [4.69, 9.17) is 0 Å². The molecular weight excluding hydrogens is 522 g/mol. The summed E-state index contributed by atoms with van der Waals surface area (Å²) in [6, 6.07) is 16.0. The summed E-state index contributed by atoms with van der Waals surface area (Å²) in [5.74, 6) is -4.35. The van der Waals surface area contributed by atoms with Crippen molar-refractivity contribution in [2.75, 3.05) is 37.6 Å². The number of nitrogens with zero attached hydrogens (tertiary/aromatic N) is 4. The molecule has 202 valence electrons. The maximum absolute atomic E-state index is 15.6. The summed E-state index contributed by atoms with van der Waals surface area (Å²) in [7, 11) is 0. The standard InChI is InChI=1S/C29H28F2N4O3S/c1-19-26(39-27(32-19)21-8-4-3-5-9-21)28(38)35-13-12-29(30,31)23(22-10-6-7-11-24(22)35)18-25(37)34-16-14-33(15-17-34)20(2)36/h3-11,18H,12-17H2,1-2H3/b23-18-. The number of para-hydroxylation sites is 1. The van der Waals surface area contributed by atoms with Gasteiger partial charge in [0, 0.05) is 68.8 Å². The number of piperazine rings is 1. The molecule has 1 aromatic heterocycles. The molecule has 0 aliphatic carbocycles. The number of halogens is 2. The number of carbonyl (C=O) groups excluding carboxylic acids is 3. The van der Waals surface area contributed by atoms with Crippen molar-refractivity contribution < 1.29 is 23.2 Å². The zero-order chi connectivity index (χ0) is 27.7. The van der Waals surface area contributed by atoms with Gasteiger partial charge in [-0.2, -0.15) is 0 Å². The van der Waals surface area contributed by atoms with Gasteiger partial charge in [-0.3, -0.25) is 14.4 Å². The number of carbonyl (C=O) groups is 3. The molecule has 0 bridgehead atoms. The van der Waals surface area contributed by atoms with E-state index in [-0.39, 0.29) is 31.1 Å². The Morgan fingerprint density at radius 1 is 0.923 bits per heavy atom. The predicted octanol–water partition coefficient (Wildman–Crippen LogP) is 4.88. The number of thiazole rings is 1. The molecule has 5 rings (SSSR count). The lowest BCUT2D eigenvalue weighted by molar-refractivity contribution is -0.135. The Morgan fingerprint density at radius 3 is 2.26 bits per heavy atom. The summed E-state index contributed by atoms with van der Waals surface area (Å²) in [6.07, 6.45) is 0.371. The number of rotatable bonds is 3. The molecule has 3 aromatic rings. The Hall–Kier alpha value is -3.92. The summed E-state index contributed by atoms with van der Waals surface area (Å²) in [6.45, 7) is 4.25. The van der Waals surface area contributed by atoms with Crippen LogP contribution >= 0.6 is 11.3 Å². The highest BCUT2D eigenvalue weighted by Crippen LogP contribution is 2.44. The monoisotopic (exact) mass is 550 g/mol. The van der Waals surface area contributed by atoms with Crippen LogP contribution in [0.5, 0.6) is 0 Å². The lowest BCUT2D eigenvalue weighted by Gasteiger charge is -2.34. The van der Waals surface area contributed by atoms with Crippen molar-refractivity contribution in [1.29, 1.82) is 0 Å². The first-order valence-corrected chi connectivity index (χ1v) is 13.6. The molecule has 7 nitrogen and oxygen atoms in total. The second-order valence-electron chi connectivity index (χ2n) is 9.62. The fraction of sp³-hybridized carbons (Fsp3) is 0.310. The molecule has 1 fully saturated rings. The van der Waals surface area contributed by atoms with Crippen LogP contribution in [0.1, 0.15) is 34.3 Å². The zero-order valence-electron chi connectivity index (χ0n) is 21.7. The summed E-state index contributed by atoms with van der Waals surface area (Å²) in [5, 5.41) is 0.681. The van der Waals surface area contributed by atoms with E-state index in [1.807, 2.05) is 30.3 Å². The van der Waals surface area contributed by atoms with E-state index < -0.39 is 29.7 Å². The molecule has 0 atom stereocenters. The number of benzene rings is 2. The largest absolute Gasteiger partial charge is 0.339 e. The van der Waals surface area contributed by atoms with E-state index in [1.54, 1.807) is 30.0 Å². The highest BCUT2D eigenvalue weighted by Gasteiger charge is 2.42. The van der Waals surface area contributed by atoms with Gasteiger partial charge in [-0.15, -0.1) is 11.3 Å². The first-order valence-electron chi connectivity index (χ1n) is 12.7. The minimum atomic E-state index is -3.33. The van der Waals surface area contributed by atoms with Crippen molar-refractivity contribution in [1.82, 2.24) is 14.8 Å². The highest BCUT2D eigenvalue weighted by atomic mass is 32.1. The van der Waals surface area contributed by atoms with Crippen LogP contribution in [0.3, 0.4) is 0 Å². The maximum Gasteiger partial charge on any atom is 0.275 e. The predicted molar refractivity (Wildman–Crippen MR) is 147 cm³/mol. The van der Waals surface area contributed by atoms with Crippen molar-refractivity contribution in [2.24, 2.45) is 0 Å². The fourth-order valence-corrected chi connectivity index (χ4v) is 5.93. The van der Waals surface area contributed by atoms with Crippen molar-refractivity contribution in [2.45, 2.75) is 26.2 Å². The number of aryl methyl sites for hydroxylation is 1. The third kappa shape index (κ3) is 5.34. The van der Waals surface area contributed by atoms with Gasteiger partial charge in [-0.05, 0) is 13.0 Å². The summed E-state index contributed by atoms with van der Waals surface area (Å²) in [5.41, 5.74) is 1.48. The van der Waals surface area contributed by atoms with Gasteiger partial charge in [0.05, 0.1) is 11.4 Å². The van der Waals surface area contributed by atoms with Crippen LogP contribution in [0.15, 0.2) is 60.7 Å². The molecule has 0 saturated carbocycles. The SMILES string of the molecule is CC(=O)N1CCN(C(=O)/C=C2/c3ccccc3N(C(=O)c3sc(-c4ccccc4)nc3C)CCC2(F)F)CC1. The zero-order valence-corrected chi connectivity index (χ0v) is 22.5. The van der Waals surface area contributed by atoms with Crippen LogP contribution in [0.25, 0.3) is 16.1 Å². The molecule has 2 aliphatic rings. The number of alkyl halides is 2. The van der Waals surface area contributed by atoms with Gasteiger partial charge in [-0.25, -0.2) is 13.8 Å². The van der Waals surface area contributed by atoms with Gasteiger partial charge < -0.3 is 14.7 Å². The summed E-state index contributed by atoms with van der Waals surface area (Å²) in [4.78, 5) is 47.9. The average Bonchev–Trinajstić information content (AvgIpc) is 3.29. The van der Waals surface area contributed by atoms with E-state index in [0.717, 1.165) is 11.6 Å². The average molecular weight is 551 g/mol. The van der Waals surface area contributed by atoms with Gasteiger partial charge in [0.1, 0.15) is 9.88 Å². The van der Waals surface area contributed by atoms with E-state index in [9.17, 15) is 14.4 Å². The minimum absolute atomic E-state index is 0.0819. The van der Waals surface area contributed by atoms with Crippen LogP contribution in [0.2, 0.25) is 0 Å². The number of allylic oxidation sites excluding steroid dienone is 1. The van der Waals surface area contributed by atoms with Gasteiger partial charge in [0.15, 0.2) is 0 Å². The second-order valence-corrected chi connectivity index (χ2v) is 10.6. The van der Waals surface area contributed by atoms with Crippen LogP contribution in [-0.2, 0) is 9.59 Å². The third-order valence-electron chi connectivity index (χ3n) is 7.09. The quantitative estimate of drug-likeness (QED) is 0.436. The van der Waals surface area contributed by atoms with Gasteiger partial charge >= 0.3 is 0 Å². The summed E-state index contributed by atoms with van der Waals surface area (Å²) >= 11 is 1.23. The van der Waals surface area contributed by atoms with Crippen molar-refractivity contribution in [3.8, 4) is 10.6 Å². The molecule has 0 unspecified atom stereocenters. The Balaban J connectivity index is 1.47. The Kier molecular flexibility index (Phi) is 7.31. The number of aromatic nitrogens is 1. The van der Waals surface area contributed by atoms with Crippen LogP contribution in [0, 0.1) is 6.92 Å². The Morgan fingerprint density at radius 2 is 1.56 bits per heavy atom. The molecule has 2 aromatic carbocycles. The lowest BCUT2D eigenvalue weighted by atomic mass is 9.96. The van der Waals surface area contributed by atoms with Crippen molar-refractivity contribution >= 4 is 40.3 Å². The van der Waals surface area contributed by atoms with Crippen LogP contribution in [0.4, 0.5) is 14.5 Å². The molecule has 0 spiro atoms. The molecule has 3 heterocycles. The Labute approximate surface area is 229 Å². The molecular formula is C29H28F2N4O3S. The third-order valence-corrected chi connectivity index (χ3v) is 8.28. The van der Waals surface area contributed by atoms with Gasteiger partial charge in [0.25, 0.3) is 11.8 Å². The normalized spacial score (nSPS) is 18.1. The van der Waals surface area contributed by atoms with Crippen LogP contribution < -0.4 is 4.90 Å². The smallest absolute Gasteiger partial charge is 0.275 e. The maximum atomic E-state index is 15.6. The minimum Gasteiger partial charge on any atom is -0.339 e. The number of amides is 3. The van der Waals surface area contributed by atoms with E-state index in [0.29, 0.717) is 34.4 Å². The van der Waals surface area contributed by atoms with Gasteiger partial charge in [-0.1, -0.05) is 48.5 Å². The molecule has 10 heteroatoms. The van der Waals surface area contributed by atoms with E-state index >= 15 is 8.78 Å². The Bertz CT molecular complexity index is 1450. The second kappa shape index (κ2) is 10.7. The summed E-state index contributed by atoms with van der Waals surface area (Å²) < 4.78 is 31.2. The number of hydrogen-bond acceptors (Lipinski definition) is 5. The van der Waals surface area contributed by atoms with E-state index in [2.05, 4.69) is 4.98 Å². The van der Waals surface area contributed by atoms with E-state index in [1.165, 1.54) is 34.1 Å². The molecule has 1 saturated heterocycles. The highest BCUT2D eigenvalue weighted by molar-refractivity contribution is 7.17. The first kappa shape index (κ1) is 26.7. The molecule has 0 N–H and O–H groups in total. The number of fused-ring (bicyclic) bond motifs is 1. The van der Waals surface area contributed by atoms with Crippen molar-refractivity contribution in [3.05, 3.63) is 76.8 Å². The molecule has 0 radical (unpaired) electrons. The first-order chi connectivity index (χ1) is 18.7. The fourth-order valence-electron chi connectivity index (χ4n) is 4.91. The van der Waals surface area contributed by atoms with Crippen molar-refractivity contribution in [3.63, 3.8) is 0 Å². The van der Waals surface area contributed by atoms with Gasteiger partial charge in [0.2, 0.25) is 11.8 Å². The van der Waals surface area contributed by atoms with Crippen LogP contribution in [-0.4, -0.2) is 71.2 Å². The molecule has 3 amide bonds. The molecule has 39 heavy (non-hydrogen) atoms.